The number of carbonyl (C=O) groups excluding carboxylic acids is 2. The second kappa shape index (κ2) is 6.67. The van der Waals surface area contributed by atoms with Crippen LogP contribution < -0.4 is 4.74 Å². The maximum Gasteiger partial charge on any atom is 0.216 e. The molecule has 0 bridgehead atoms. The molecule has 0 amide bonds. The topological polar surface area (TPSA) is 59.2 Å². The molecule has 0 aliphatic heterocycles. The molecule has 1 heterocycles. The number of H-pyrrole nitrogens is 1. The van der Waals surface area contributed by atoms with Gasteiger partial charge in [-0.25, -0.2) is 0 Å². The van der Waals surface area contributed by atoms with Crippen molar-refractivity contribution in [3.05, 3.63) is 50.2 Å². The highest BCUT2D eigenvalue weighted by atomic mass is 79.9. The van der Waals surface area contributed by atoms with Gasteiger partial charge in [-0.1, -0.05) is 27.5 Å². The molecule has 1 N–H and O–H groups in total. The molecular formula is C16H15BrClNO3. The zero-order valence-electron chi connectivity index (χ0n) is 12.4. The number of aryl methyl sites for hydroxylation is 1. The van der Waals surface area contributed by atoms with Crippen LogP contribution in [0.15, 0.2) is 22.7 Å². The number of ether oxygens (including phenoxy) is 1. The van der Waals surface area contributed by atoms with Crippen LogP contribution in [0, 0.1) is 13.8 Å². The lowest BCUT2D eigenvalue weighted by Gasteiger charge is -2.07. The van der Waals surface area contributed by atoms with Crippen LogP contribution in [0.25, 0.3) is 0 Å². The number of benzene rings is 1. The summed E-state index contributed by atoms with van der Waals surface area (Å²) < 4.78 is 6.30. The van der Waals surface area contributed by atoms with Crippen molar-refractivity contribution in [3.8, 4) is 5.75 Å². The Balaban J connectivity index is 2.16. The third-order valence-corrected chi connectivity index (χ3v) is 4.11. The van der Waals surface area contributed by atoms with Gasteiger partial charge in [-0.05, 0) is 44.5 Å². The zero-order chi connectivity index (χ0) is 16.4. The lowest BCUT2D eigenvalue weighted by molar-refractivity contribution is 0.0916. The van der Waals surface area contributed by atoms with Crippen molar-refractivity contribution in [2.45, 2.75) is 20.8 Å². The number of ketones is 2. The number of rotatable bonds is 5. The van der Waals surface area contributed by atoms with Gasteiger partial charge in [-0.2, -0.15) is 0 Å². The van der Waals surface area contributed by atoms with Crippen molar-refractivity contribution >= 4 is 39.1 Å². The van der Waals surface area contributed by atoms with Crippen molar-refractivity contribution in [1.29, 1.82) is 0 Å². The Hall–Kier alpha value is -1.59. The Morgan fingerprint density at radius 3 is 2.55 bits per heavy atom. The van der Waals surface area contributed by atoms with Gasteiger partial charge in [0.15, 0.2) is 12.4 Å². The number of halogens is 2. The molecule has 6 heteroatoms. The summed E-state index contributed by atoms with van der Waals surface area (Å²) in [6, 6.07) is 5.16. The van der Waals surface area contributed by atoms with Crippen molar-refractivity contribution in [2.24, 2.45) is 0 Å². The molecule has 2 aromatic rings. The van der Waals surface area contributed by atoms with Gasteiger partial charge < -0.3 is 9.72 Å². The van der Waals surface area contributed by atoms with E-state index >= 15 is 0 Å². The minimum atomic E-state index is -0.230. The Morgan fingerprint density at radius 1 is 1.32 bits per heavy atom. The SMILES string of the molecule is CC(=O)c1c(C)[nH]c(C(=O)COc2ccc(Br)cc2Cl)c1C. The normalized spacial score (nSPS) is 10.6. The molecule has 0 saturated carbocycles. The van der Waals surface area contributed by atoms with E-state index in [9.17, 15) is 9.59 Å². The quantitative estimate of drug-likeness (QED) is 0.772. The lowest BCUT2D eigenvalue weighted by Crippen LogP contribution is -2.13. The summed E-state index contributed by atoms with van der Waals surface area (Å²) in [5.41, 5.74) is 2.30. The molecular weight excluding hydrogens is 370 g/mol. The summed E-state index contributed by atoms with van der Waals surface area (Å²) in [6.07, 6.45) is 0. The molecule has 0 fully saturated rings. The number of Topliss-reactive ketones (excluding diaryl/α,β-unsaturated/α-hetero) is 2. The first-order valence-corrected chi connectivity index (χ1v) is 7.79. The van der Waals surface area contributed by atoms with Gasteiger partial charge in [-0.3, -0.25) is 9.59 Å². The summed E-state index contributed by atoms with van der Waals surface area (Å²) in [4.78, 5) is 26.8. The van der Waals surface area contributed by atoms with Crippen LogP contribution in [-0.2, 0) is 0 Å². The van der Waals surface area contributed by atoms with Gasteiger partial charge in [-0.15, -0.1) is 0 Å². The number of hydrogen-bond acceptors (Lipinski definition) is 3. The number of aromatic nitrogens is 1. The summed E-state index contributed by atoms with van der Waals surface area (Å²) in [5, 5.41) is 0.422. The van der Waals surface area contributed by atoms with Gasteiger partial charge in [0.25, 0.3) is 0 Å². The standard InChI is InChI=1S/C16H15BrClNO3/c1-8-15(10(3)20)9(2)19-16(8)13(21)7-22-14-5-4-11(17)6-12(14)18/h4-6,19H,7H2,1-3H3. The Morgan fingerprint density at radius 2 is 2.00 bits per heavy atom. The van der Waals surface area contributed by atoms with E-state index in [-0.39, 0.29) is 18.2 Å². The van der Waals surface area contributed by atoms with Gasteiger partial charge in [0.2, 0.25) is 5.78 Å². The van der Waals surface area contributed by atoms with Crippen LogP contribution in [0.1, 0.15) is 39.0 Å². The minimum Gasteiger partial charge on any atom is -0.484 e. The van der Waals surface area contributed by atoms with E-state index < -0.39 is 0 Å². The smallest absolute Gasteiger partial charge is 0.216 e. The van der Waals surface area contributed by atoms with Gasteiger partial charge in [0.05, 0.1) is 10.7 Å². The van der Waals surface area contributed by atoms with E-state index in [4.69, 9.17) is 16.3 Å². The number of carbonyl (C=O) groups is 2. The van der Waals surface area contributed by atoms with Crippen LogP contribution in [-0.4, -0.2) is 23.2 Å². The average Bonchev–Trinajstić information content (AvgIpc) is 2.72. The van der Waals surface area contributed by atoms with Gasteiger partial charge in [0.1, 0.15) is 5.75 Å². The highest BCUT2D eigenvalue weighted by Crippen LogP contribution is 2.28. The first-order valence-electron chi connectivity index (χ1n) is 6.62. The van der Waals surface area contributed by atoms with Crippen LogP contribution >= 0.6 is 27.5 Å². The fourth-order valence-corrected chi connectivity index (χ4v) is 3.09. The summed E-state index contributed by atoms with van der Waals surface area (Å²) in [6.45, 7) is 4.85. The first kappa shape index (κ1) is 16.8. The summed E-state index contributed by atoms with van der Waals surface area (Å²) >= 11 is 9.35. The molecule has 4 nitrogen and oxygen atoms in total. The van der Waals surface area contributed by atoms with Crippen LogP contribution in [0.4, 0.5) is 0 Å². The first-order chi connectivity index (χ1) is 10.3. The predicted molar refractivity (Wildman–Crippen MR) is 89.2 cm³/mol. The Bertz CT molecular complexity index is 752. The van der Waals surface area contributed by atoms with E-state index in [0.29, 0.717) is 33.3 Å². The van der Waals surface area contributed by atoms with Crippen LogP contribution in [0.5, 0.6) is 5.75 Å². The molecule has 1 aromatic carbocycles. The minimum absolute atomic E-state index is 0.0674. The maximum atomic E-state index is 12.3. The summed E-state index contributed by atoms with van der Waals surface area (Å²) in [5.74, 6) is 0.139. The van der Waals surface area contributed by atoms with Crippen LogP contribution in [0.2, 0.25) is 5.02 Å². The second-order valence-corrected chi connectivity index (χ2v) is 6.29. The van der Waals surface area contributed by atoms with E-state index in [0.717, 1.165) is 4.47 Å². The largest absolute Gasteiger partial charge is 0.484 e. The maximum absolute atomic E-state index is 12.3. The highest BCUT2D eigenvalue weighted by molar-refractivity contribution is 9.10. The number of hydrogen-bond donors (Lipinski definition) is 1. The van der Waals surface area contributed by atoms with Crippen LogP contribution in [0.3, 0.4) is 0 Å². The number of nitrogens with one attached hydrogen (secondary N) is 1. The molecule has 1 aromatic heterocycles. The Kier molecular flexibility index (Phi) is 5.08. The van der Waals surface area contributed by atoms with E-state index in [2.05, 4.69) is 20.9 Å². The monoisotopic (exact) mass is 383 g/mol. The molecule has 0 aliphatic rings. The predicted octanol–water partition coefficient (Wildman–Crippen LogP) is 4.51. The zero-order valence-corrected chi connectivity index (χ0v) is 14.8. The average molecular weight is 385 g/mol. The molecule has 0 unspecified atom stereocenters. The molecule has 0 radical (unpaired) electrons. The van der Waals surface area contributed by atoms with E-state index in [1.165, 1.54) is 6.92 Å². The lowest BCUT2D eigenvalue weighted by atomic mass is 10.1. The molecule has 22 heavy (non-hydrogen) atoms. The fraction of sp³-hybridized carbons (Fsp3) is 0.250. The van der Waals surface area contributed by atoms with E-state index in [1.54, 1.807) is 32.0 Å². The fourth-order valence-electron chi connectivity index (χ4n) is 2.36. The molecule has 0 aliphatic carbocycles. The van der Waals surface area contributed by atoms with Gasteiger partial charge >= 0.3 is 0 Å². The van der Waals surface area contributed by atoms with E-state index in [1.807, 2.05) is 0 Å². The molecule has 116 valence electrons. The third kappa shape index (κ3) is 3.42. The van der Waals surface area contributed by atoms with Gasteiger partial charge in [0, 0.05) is 15.7 Å². The molecule has 0 atom stereocenters. The highest BCUT2D eigenvalue weighted by Gasteiger charge is 2.20. The van der Waals surface area contributed by atoms with Crippen molar-refractivity contribution in [3.63, 3.8) is 0 Å². The molecule has 0 saturated heterocycles. The molecule has 2 rings (SSSR count). The Labute approximate surface area is 141 Å². The number of aromatic amines is 1. The van der Waals surface area contributed by atoms with Crippen molar-refractivity contribution < 1.29 is 14.3 Å². The summed E-state index contributed by atoms with van der Waals surface area (Å²) in [7, 11) is 0. The third-order valence-electron chi connectivity index (χ3n) is 3.32. The van der Waals surface area contributed by atoms with Crippen molar-refractivity contribution in [1.82, 2.24) is 4.98 Å². The molecule has 0 spiro atoms. The second-order valence-electron chi connectivity index (χ2n) is 4.97. The van der Waals surface area contributed by atoms with Crippen molar-refractivity contribution in [2.75, 3.05) is 6.61 Å².